The predicted octanol–water partition coefficient (Wildman–Crippen LogP) is 9.53. The van der Waals surface area contributed by atoms with Gasteiger partial charge in [0.05, 0.1) is 42.0 Å². The number of carbonyl (C=O) groups is 4. The lowest BCUT2D eigenvalue weighted by atomic mass is 9.81. The molecule has 4 aromatic carbocycles. The summed E-state index contributed by atoms with van der Waals surface area (Å²) < 4.78 is 17.8. The van der Waals surface area contributed by atoms with Gasteiger partial charge in [-0.15, -0.1) is 0 Å². The monoisotopic (exact) mass is 936 g/mol. The van der Waals surface area contributed by atoms with Crippen LogP contribution in [0.15, 0.2) is 97.1 Å². The fourth-order valence-corrected chi connectivity index (χ4v) is 8.44. The molecule has 14 nitrogen and oxygen atoms in total. The lowest BCUT2D eigenvalue weighted by molar-refractivity contribution is -0.153. The Balaban J connectivity index is 0.000000204. The zero-order valence-corrected chi connectivity index (χ0v) is 41.5. The predicted molar refractivity (Wildman–Crippen MR) is 265 cm³/mol. The molecular formula is C55H64N6O8. The molecule has 2 aliphatic rings. The summed E-state index contributed by atoms with van der Waals surface area (Å²) in [6, 6.07) is 29.6. The fraction of sp³-hybridized carbons (Fsp3) is 0.418. The Morgan fingerprint density at radius 2 is 0.986 bits per heavy atom. The highest BCUT2D eigenvalue weighted by Gasteiger charge is 2.46. The first-order chi connectivity index (χ1) is 32.6. The number of carboxylic acids is 1. The van der Waals surface area contributed by atoms with Crippen LogP contribution in [-0.4, -0.2) is 103 Å². The smallest absolute Gasteiger partial charge is 0.328 e. The number of likely N-dealkylation sites (tertiary alicyclic amines) is 2. The summed E-state index contributed by atoms with van der Waals surface area (Å²) in [5.74, 6) is -0.326. The number of benzene rings is 4. The lowest BCUT2D eigenvalue weighted by Gasteiger charge is -2.32. The highest BCUT2D eigenvalue weighted by Crippen LogP contribution is 2.36. The zero-order valence-electron chi connectivity index (χ0n) is 41.5. The second-order valence-corrected chi connectivity index (χ2v) is 20.5. The van der Waals surface area contributed by atoms with Crippen LogP contribution in [0.1, 0.15) is 79.4 Å². The minimum Gasteiger partial charge on any atom is -0.480 e. The molecule has 6 aromatic rings. The molecule has 2 aliphatic heterocycles. The molecule has 2 aromatic heterocycles. The molecule has 6 atom stereocenters. The van der Waals surface area contributed by atoms with Crippen LogP contribution in [0, 0.1) is 36.5 Å². The standard InChI is InChI=1S/C28H33N3O4.C27H31N3O4/c1-17-12-13-22-21(14-17)25(30-24(29-22)19-10-8-7-9-11-19)35-20-15-23(27(33)34-6)31(16-20)26(32)18(2)28(3,4)5;1-16-11-12-21-20(13-16)24(29-23(28-21)18-9-7-6-8-10-18)34-19-14-22(26(32)33)30(15-19)25(31)17(2)27(3,4)5/h7-14,18,20,23H,15-16H2,1-6H3;6-13,17,19,22H,14-15H2,1-5H3,(H,32,33)/t18-,20?,23?;17-,19?,22?/m11/s1. The molecule has 4 unspecified atom stereocenters. The van der Waals surface area contributed by atoms with Crippen molar-refractivity contribution in [3.63, 3.8) is 0 Å². The number of carboxylic acid groups (broad SMARTS) is 1. The number of methoxy groups -OCH3 is 1. The molecule has 0 saturated carbocycles. The maximum atomic E-state index is 13.4. The van der Waals surface area contributed by atoms with E-state index in [0.29, 0.717) is 29.8 Å². The molecule has 4 heterocycles. The van der Waals surface area contributed by atoms with Gasteiger partial charge in [0.15, 0.2) is 11.6 Å². The summed E-state index contributed by atoms with van der Waals surface area (Å²) in [6.07, 6.45) is -0.347. The molecule has 14 heteroatoms. The zero-order chi connectivity index (χ0) is 49.9. The van der Waals surface area contributed by atoms with Crippen molar-refractivity contribution in [2.45, 2.75) is 106 Å². The fourth-order valence-electron chi connectivity index (χ4n) is 8.44. The summed E-state index contributed by atoms with van der Waals surface area (Å²) >= 11 is 0. The summed E-state index contributed by atoms with van der Waals surface area (Å²) in [7, 11) is 1.35. The van der Waals surface area contributed by atoms with Crippen LogP contribution in [0.4, 0.5) is 0 Å². The Kier molecular flexibility index (Phi) is 14.7. The summed E-state index contributed by atoms with van der Waals surface area (Å²) in [5.41, 5.74) is 4.86. The maximum Gasteiger partial charge on any atom is 0.328 e. The number of amides is 2. The van der Waals surface area contributed by atoms with Crippen LogP contribution in [0.3, 0.4) is 0 Å². The molecule has 1 N–H and O–H groups in total. The number of aliphatic carboxylic acids is 1. The van der Waals surface area contributed by atoms with Gasteiger partial charge in [-0.2, -0.15) is 9.97 Å². The Morgan fingerprint density at radius 1 is 0.594 bits per heavy atom. The van der Waals surface area contributed by atoms with Crippen molar-refractivity contribution in [1.82, 2.24) is 29.7 Å². The third kappa shape index (κ3) is 11.3. The molecule has 0 spiro atoms. The summed E-state index contributed by atoms with van der Waals surface area (Å²) in [6.45, 7) is 20.2. The van der Waals surface area contributed by atoms with E-state index in [1.54, 1.807) is 4.90 Å². The average molecular weight is 937 g/mol. The van der Waals surface area contributed by atoms with Gasteiger partial charge in [0.1, 0.15) is 24.3 Å². The van der Waals surface area contributed by atoms with Gasteiger partial charge in [-0.05, 0) is 48.9 Å². The Bertz CT molecular complexity index is 2840. The van der Waals surface area contributed by atoms with Crippen LogP contribution >= 0.6 is 0 Å². The lowest BCUT2D eigenvalue weighted by Crippen LogP contribution is -2.46. The number of esters is 1. The van der Waals surface area contributed by atoms with E-state index < -0.39 is 36.2 Å². The van der Waals surface area contributed by atoms with E-state index in [1.165, 1.54) is 12.0 Å². The molecule has 0 radical (unpaired) electrons. The summed E-state index contributed by atoms with van der Waals surface area (Å²) in [5, 5.41) is 11.4. The van der Waals surface area contributed by atoms with Crippen molar-refractivity contribution in [2.75, 3.05) is 20.2 Å². The van der Waals surface area contributed by atoms with Crippen LogP contribution < -0.4 is 9.47 Å². The van der Waals surface area contributed by atoms with Crippen molar-refractivity contribution in [2.24, 2.45) is 22.7 Å². The molecule has 2 saturated heterocycles. The molecule has 8 rings (SSSR count). The van der Waals surface area contributed by atoms with Crippen molar-refractivity contribution in [1.29, 1.82) is 0 Å². The Labute approximate surface area is 404 Å². The van der Waals surface area contributed by atoms with Crippen LogP contribution in [0.25, 0.3) is 44.6 Å². The number of aryl methyl sites for hydroxylation is 2. The molecule has 2 amide bonds. The van der Waals surface area contributed by atoms with Gasteiger partial charge in [0.2, 0.25) is 23.6 Å². The van der Waals surface area contributed by atoms with Gasteiger partial charge >= 0.3 is 11.9 Å². The number of hydrogen-bond donors (Lipinski definition) is 1. The number of aromatic nitrogens is 4. The topological polar surface area (TPSA) is 174 Å². The Morgan fingerprint density at radius 3 is 1.36 bits per heavy atom. The molecule has 362 valence electrons. The van der Waals surface area contributed by atoms with E-state index in [-0.39, 0.29) is 54.0 Å². The minimum atomic E-state index is -1.02. The number of ether oxygens (including phenoxy) is 3. The third-order valence-electron chi connectivity index (χ3n) is 13.4. The molecular weight excluding hydrogens is 873 g/mol. The van der Waals surface area contributed by atoms with Gasteiger partial charge in [0, 0.05) is 35.8 Å². The SMILES string of the molecule is COC(=O)C1CC(Oc2nc(-c3ccccc3)nc3ccc(C)cc23)CN1C(=O)[C@@H](C)C(C)(C)C.Cc1ccc2nc(-c3ccccc3)nc(OC3CC(C(=O)O)N(C(=O)[C@@H](C)C(C)(C)C)C3)c2c1. The van der Waals surface area contributed by atoms with Gasteiger partial charge in [-0.25, -0.2) is 19.6 Å². The van der Waals surface area contributed by atoms with Gasteiger partial charge < -0.3 is 29.1 Å². The first kappa shape index (κ1) is 49.9. The minimum absolute atomic E-state index is 0.0765. The molecule has 0 bridgehead atoms. The van der Waals surface area contributed by atoms with Crippen LogP contribution in [0.5, 0.6) is 11.8 Å². The van der Waals surface area contributed by atoms with E-state index in [9.17, 15) is 24.3 Å². The van der Waals surface area contributed by atoms with E-state index >= 15 is 0 Å². The first-order valence-electron chi connectivity index (χ1n) is 23.6. The number of fused-ring (bicyclic) bond motifs is 2. The van der Waals surface area contributed by atoms with Crippen LogP contribution in [0.2, 0.25) is 0 Å². The number of hydrogen-bond acceptors (Lipinski definition) is 11. The second kappa shape index (κ2) is 20.3. The van der Waals surface area contributed by atoms with Gasteiger partial charge in [-0.1, -0.05) is 139 Å². The quantitative estimate of drug-likeness (QED) is 0.129. The van der Waals surface area contributed by atoms with Gasteiger partial charge in [-0.3, -0.25) is 9.59 Å². The number of nitrogens with zero attached hydrogens (tertiary/aromatic N) is 6. The molecule has 0 aliphatic carbocycles. The average Bonchev–Trinajstić information content (AvgIpc) is 3.95. The largest absolute Gasteiger partial charge is 0.480 e. The van der Waals surface area contributed by atoms with E-state index in [4.69, 9.17) is 34.1 Å². The molecule has 2 fully saturated rings. The van der Waals surface area contributed by atoms with E-state index in [1.807, 2.05) is 166 Å². The highest BCUT2D eigenvalue weighted by atomic mass is 16.5. The molecule has 69 heavy (non-hydrogen) atoms. The van der Waals surface area contributed by atoms with Crippen molar-refractivity contribution in [3.05, 3.63) is 108 Å². The Hall–Kier alpha value is -6.96. The maximum absolute atomic E-state index is 13.4. The van der Waals surface area contributed by atoms with Crippen LogP contribution in [-0.2, 0) is 23.9 Å². The summed E-state index contributed by atoms with van der Waals surface area (Å²) in [4.78, 5) is 73.1. The van der Waals surface area contributed by atoms with E-state index in [0.717, 1.165) is 44.1 Å². The normalized spacial score (nSPS) is 19.1. The highest BCUT2D eigenvalue weighted by molar-refractivity contribution is 5.89. The third-order valence-corrected chi connectivity index (χ3v) is 13.4. The number of carbonyl (C=O) groups excluding carboxylic acids is 3. The van der Waals surface area contributed by atoms with Crippen molar-refractivity contribution < 1.29 is 38.5 Å². The van der Waals surface area contributed by atoms with E-state index in [2.05, 4.69) is 0 Å². The first-order valence-corrected chi connectivity index (χ1v) is 23.6. The van der Waals surface area contributed by atoms with Gasteiger partial charge in [0.25, 0.3) is 0 Å². The van der Waals surface area contributed by atoms with Crippen molar-refractivity contribution in [3.8, 4) is 34.5 Å². The van der Waals surface area contributed by atoms with Crippen molar-refractivity contribution >= 4 is 45.6 Å². The number of rotatable bonds is 10. The second-order valence-electron chi connectivity index (χ2n) is 20.5.